The molecule has 18 heavy (non-hydrogen) atoms. The van der Waals surface area contributed by atoms with Crippen LogP contribution in [0.15, 0.2) is 24.3 Å². The Morgan fingerprint density at radius 2 is 2.00 bits per heavy atom. The van der Waals surface area contributed by atoms with Gasteiger partial charge in [0.2, 0.25) is 0 Å². The van der Waals surface area contributed by atoms with Crippen molar-refractivity contribution in [2.24, 2.45) is 0 Å². The Kier molecular flexibility index (Phi) is 6.98. The second kappa shape index (κ2) is 8.60. The molecule has 1 aromatic carbocycles. The Hall–Kier alpha value is -1.46. The van der Waals surface area contributed by atoms with Crippen LogP contribution in [0.1, 0.15) is 32.3 Å². The molecule has 0 radical (unpaired) electrons. The second-order valence-corrected chi connectivity index (χ2v) is 4.40. The van der Waals surface area contributed by atoms with E-state index in [4.69, 9.17) is 4.74 Å². The average Bonchev–Trinajstić information content (AvgIpc) is 2.42. The smallest absolute Gasteiger partial charge is 0.119 e. The van der Waals surface area contributed by atoms with Gasteiger partial charge in [-0.15, -0.1) is 11.8 Å². The lowest BCUT2D eigenvalue weighted by atomic mass is 10.1. The molecule has 0 amide bonds. The molecule has 0 fully saturated rings. The molecule has 1 atom stereocenters. The van der Waals surface area contributed by atoms with E-state index in [0.29, 0.717) is 12.6 Å². The molecule has 1 rings (SSSR count). The van der Waals surface area contributed by atoms with E-state index in [1.54, 1.807) is 0 Å². The van der Waals surface area contributed by atoms with Crippen LogP contribution in [0.2, 0.25) is 0 Å². The largest absolute Gasteiger partial charge is 0.493 e. The maximum Gasteiger partial charge on any atom is 0.119 e. The molecule has 0 bridgehead atoms. The number of hydrogen-bond donors (Lipinski definition) is 1. The number of nitrogens with one attached hydrogen (secondary N) is 1. The standard InChI is InChI=1S/C16H23NO/c1-4-5-6-13-18-16-11-9-15(10-12-16)8-7-14(2)17-3/h9-12,14,17H,6-8,13H2,1-3H3. The van der Waals surface area contributed by atoms with Crippen molar-refractivity contribution in [3.63, 3.8) is 0 Å². The van der Waals surface area contributed by atoms with Crippen LogP contribution in [-0.2, 0) is 6.42 Å². The SMILES string of the molecule is CC#CCCOc1ccc(CCC(C)NC)cc1. The van der Waals surface area contributed by atoms with Gasteiger partial charge in [-0.2, -0.15) is 0 Å². The van der Waals surface area contributed by atoms with E-state index in [0.717, 1.165) is 25.0 Å². The summed E-state index contributed by atoms with van der Waals surface area (Å²) in [7, 11) is 2.00. The molecule has 0 saturated carbocycles. The molecule has 0 heterocycles. The zero-order valence-corrected chi connectivity index (χ0v) is 11.6. The van der Waals surface area contributed by atoms with Crippen molar-refractivity contribution in [2.75, 3.05) is 13.7 Å². The van der Waals surface area contributed by atoms with E-state index in [9.17, 15) is 0 Å². The molecule has 1 aromatic rings. The fourth-order valence-electron chi connectivity index (χ4n) is 1.62. The first-order valence-electron chi connectivity index (χ1n) is 6.55. The zero-order chi connectivity index (χ0) is 13.2. The van der Waals surface area contributed by atoms with Gasteiger partial charge in [0.05, 0.1) is 6.61 Å². The summed E-state index contributed by atoms with van der Waals surface area (Å²) in [6, 6.07) is 8.93. The Morgan fingerprint density at radius 1 is 1.28 bits per heavy atom. The molecule has 1 N–H and O–H groups in total. The molecular formula is C16H23NO. The number of aryl methyl sites for hydroxylation is 1. The molecule has 0 spiro atoms. The predicted molar refractivity (Wildman–Crippen MR) is 76.8 cm³/mol. The Morgan fingerprint density at radius 3 is 2.61 bits per heavy atom. The van der Waals surface area contributed by atoms with Gasteiger partial charge in [-0.05, 0) is 51.4 Å². The third-order valence-electron chi connectivity index (χ3n) is 2.95. The number of ether oxygens (including phenoxy) is 1. The lowest BCUT2D eigenvalue weighted by molar-refractivity contribution is 0.327. The highest BCUT2D eigenvalue weighted by molar-refractivity contribution is 5.27. The molecule has 1 unspecified atom stereocenters. The first-order valence-corrected chi connectivity index (χ1v) is 6.55. The maximum atomic E-state index is 5.59. The lowest BCUT2D eigenvalue weighted by Gasteiger charge is -2.10. The van der Waals surface area contributed by atoms with Crippen molar-refractivity contribution >= 4 is 0 Å². The van der Waals surface area contributed by atoms with Crippen molar-refractivity contribution in [1.29, 1.82) is 0 Å². The molecule has 0 aliphatic heterocycles. The molecule has 2 nitrogen and oxygen atoms in total. The van der Waals surface area contributed by atoms with Crippen molar-refractivity contribution in [3.05, 3.63) is 29.8 Å². The Balaban J connectivity index is 2.34. The molecule has 0 saturated heterocycles. The first kappa shape index (κ1) is 14.6. The van der Waals surface area contributed by atoms with Gasteiger partial charge >= 0.3 is 0 Å². The monoisotopic (exact) mass is 245 g/mol. The van der Waals surface area contributed by atoms with Crippen LogP contribution >= 0.6 is 0 Å². The van der Waals surface area contributed by atoms with Gasteiger partial charge in [-0.1, -0.05) is 12.1 Å². The van der Waals surface area contributed by atoms with E-state index in [-0.39, 0.29) is 0 Å². The quantitative estimate of drug-likeness (QED) is 0.589. The van der Waals surface area contributed by atoms with E-state index >= 15 is 0 Å². The summed E-state index contributed by atoms with van der Waals surface area (Å²) in [5.41, 5.74) is 1.36. The minimum Gasteiger partial charge on any atom is -0.493 e. The molecule has 2 heteroatoms. The second-order valence-electron chi connectivity index (χ2n) is 4.40. The highest BCUT2D eigenvalue weighted by Crippen LogP contribution is 2.14. The van der Waals surface area contributed by atoms with Crippen LogP contribution in [0.4, 0.5) is 0 Å². The minimum atomic E-state index is 0.563. The Bertz CT molecular complexity index is 386. The maximum absolute atomic E-state index is 5.59. The van der Waals surface area contributed by atoms with Crippen LogP contribution in [0, 0.1) is 11.8 Å². The Labute approximate surface area is 111 Å². The van der Waals surface area contributed by atoms with Gasteiger partial charge in [0.15, 0.2) is 0 Å². The van der Waals surface area contributed by atoms with Gasteiger partial charge in [0.1, 0.15) is 5.75 Å². The van der Waals surface area contributed by atoms with Crippen LogP contribution < -0.4 is 10.1 Å². The number of benzene rings is 1. The van der Waals surface area contributed by atoms with Crippen LogP contribution in [0.5, 0.6) is 5.75 Å². The molecule has 0 aromatic heterocycles. The normalized spacial score (nSPS) is 11.5. The van der Waals surface area contributed by atoms with Crippen molar-refractivity contribution in [3.8, 4) is 17.6 Å². The predicted octanol–water partition coefficient (Wildman–Crippen LogP) is 3.02. The molecule has 0 aliphatic carbocycles. The highest BCUT2D eigenvalue weighted by atomic mass is 16.5. The fraction of sp³-hybridized carbons (Fsp3) is 0.500. The summed E-state index contributed by atoms with van der Waals surface area (Å²) >= 11 is 0. The minimum absolute atomic E-state index is 0.563. The van der Waals surface area contributed by atoms with Crippen molar-refractivity contribution < 1.29 is 4.74 Å². The van der Waals surface area contributed by atoms with E-state index in [2.05, 4.69) is 36.2 Å². The topological polar surface area (TPSA) is 21.3 Å². The summed E-state index contributed by atoms with van der Waals surface area (Å²) < 4.78 is 5.59. The van der Waals surface area contributed by atoms with Crippen LogP contribution in [0.25, 0.3) is 0 Å². The summed E-state index contributed by atoms with van der Waals surface area (Å²) in [5.74, 6) is 6.78. The lowest BCUT2D eigenvalue weighted by Crippen LogP contribution is -2.21. The average molecular weight is 245 g/mol. The van der Waals surface area contributed by atoms with Crippen LogP contribution in [-0.4, -0.2) is 19.7 Å². The number of hydrogen-bond acceptors (Lipinski definition) is 2. The summed E-state index contributed by atoms with van der Waals surface area (Å²) in [6.07, 6.45) is 3.05. The van der Waals surface area contributed by atoms with Crippen molar-refractivity contribution in [1.82, 2.24) is 5.32 Å². The third-order valence-corrected chi connectivity index (χ3v) is 2.95. The summed E-state index contributed by atoms with van der Waals surface area (Å²) in [5, 5.41) is 3.25. The summed E-state index contributed by atoms with van der Waals surface area (Å²) in [6.45, 7) is 4.71. The molecule has 0 aliphatic rings. The van der Waals surface area contributed by atoms with Gasteiger partial charge in [-0.25, -0.2) is 0 Å². The summed E-state index contributed by atoms with van der Waals surface area (Å²) in [4.78, 5) is 0. The van der Waals surface area contributed by atoms with Crippen LogP contribution in [0.3, 0.4) is 0 Å². The van der Waals surface area contributed by atoms with Gasteiger partial charge < -0.3 is 10.1 Å². The van der Waals surface area contributed by atoms with Crippen molar-refractivity contribution in [2.45, 2.75) is 39.2 Å². The molecule has 98 valence electrons. The van der Waals surface area contributed by atoms with E-state index in [1.165, 1.54) is 5.56 Å². The third kappa shape index (κ3) is 5.75. The zero-order valence-electron chi connectivity index (χ0n) is 11.6. The number of rotatable bonds is 7. The molecular weight excluding hydrogens is 222 g/mol. The van der Waals surface area contributed by atoms with Gasteiger partial charge in [0, 0.05) is 12.5 Å². The van der Waals surface area contributed by atoms with E-state index in [1.807, 2.05) is 26.1 Å². The van der Waals surface area contributed by atoms with E-state index < -0.39 is 0 Å². The van der Waals surface area contributed by atoms with Gasteiger partial charge in [-0.3, -0.25) is 0 Å². The fourth-order valence-corrected chi connectivity index (χ4v) is 1.62. The van der Waals surface area contributed by atoms with Gasteiger partial charge in [0.25, 0.3) is 0 Å². The highest BCUT2D eigenvalue weighted by Gasteiger charge is 2.00. The first-order chi connectivity index (χ1) is 8.76.